The summed E-state index contributed by atoms with van der Waals surface area (Å²) in [5.74, 6) is -0.531. The van der Waals surface area contributed by atoms with Crippen molar-refractivity contribution in [1.82, 2.24) is 14.5 Å². The van der Waals surface area contributed by atoms with Crippen molar-refractivity contribution >= 4 is 33.4 Å². The van der Waals surface area contributed by atoms with Gasteiger partial charge in [0, 0.05) is 44.2 Å². The van der Waals surface area contributed by atoms with Gasteiger partial charge in [0.1, 0.15) is 0 Å². The van der Waals surface area contributed by atoms with E-state index in [9.17, 15) is 18.0 Å². The summed E-state index contributed by atoms with van der Waals surface area (Å²) in [6.07, 6.45) is 3.62. The lowest BCUT2D eigenvalue weighted by Gasteiger charge is -2.31. The molecule has 154 valence electrons. The summed E-state index contributed by atoms with van der Waals surface area (Å²) < 4.78 is 27.0. The fourth-order valence-corrected chi connectivity index (χ4v) is 5.34. The molecule has 0 radical (unpaired) electrons. The predicted octanol–water partition coefficient (Wildman–Crippen LogP) is 1.87. The van der Waals surface area contributed by atoms with Crippen molar-refractivity contribution in [2.75, 3.05) is 32.7 Å². The second-order valence-corrected chi connectivity index (χ2v) is 9.66. The number of hydrogen-bond acceptors (Lipinski definition) is 4. The third-order valence-corrected chi connectivity index (χ3v) is 7.43. The SMILES string of the molecule is O=C(NCCC(=O)N1CCCC1)C1CCCN(S(=O)(=O)c2ccc(Cl)cc2)C1. The van der Waals surface area contributed by atoms with Crippen molar-refractivity contribution < 1.29 is 18.0 Å². The summed E-state index contributed by atoms with van der Waals surface area (Å²) in [5.41, 5.74) is 0. The van der Waals surface area contributed by atoms with E-state index in [4.69, 9.17) is 11.6 Å². The van der Waals surface area contributed by atoms with Crippen LogP contribution in [0.5, 0.6) is 0 Å². The van der Waals surface area contributed by atoms with Gasteiger partial charge >= 0.3 is 0 Å². The monoisotopic (exact) mass is 427 g/mol. The molecular weight excluding hydrogens is 402 g/mol. The Morgan fingerprint density at radius 2 is 1.75 bits per heavy atom. The summed E-state index contributed by atoms with van der Waals surface area (Å²) in [6, 6.07) is 6.04. The van der Waals surface area contributed by atoms with E-state index in [2.05, 4.69) is 5.32 Å². The molecule has 0 saturated carbocycles. The molecule has 28 heavy (non-hydrogen) atoms. The Morgan fingerprint density at radius 1 is 1.07 bits per heavy atom. The molecule has 1 N–H and O–H groups in total. The average Bonchev–Trinajstić information content (AvgIpc) is 3.23. The molecule has 1 aromatic carbocycles. The summed E-state index contributed by atoms with van der Waals surface area (Å²) in [7, 11) is -3.66. The molecule has 3 rings (SSSR count). The highest BCUT2D eigenvalue weighted by Crippen LogP contribution is 2.24. The van der Waals surface area contributed by atoms with Crippen LogP contribution in [0.2, 0.25) is 5.02 Å². The van der Waals surface area contributed by atoms with Crippen LogP contribution in [-0.2, 0) is 19.6 Å². The van der Waals surface area contributed by atoms with Crippen LogP contribution in [0.1, 0.15) is 32.1 Å². The van der Waals surface area contributed by atoms with Crippen molar-refractivity contribution in [3.8, 4) is 0 Å². The van der Waals surface area contributed by atoms with E-state index >= 15 is 0 Å². The maximum atomic E-state index is 12.8. The molecule has 0 aliphatic carbocycles. The minimum absolute atomic E-state index is 0.0633. The first-order chi connectivity index (χ1) is 13.4. The minimum Gasteiger partial charge on any atom is -0.355 e. The molecule has 2 fully saturated rings. The smallest absolute Gasteiger partial charge is 0.243 e. The van der Waals surface area contributed by atoms with Crippen LogP contribution in [0.15, 0.2) is 29.2 Å². The van der Waals surface area contributed by atoms with Gasteiger partial charge in [0.25, 0.3) is 0 Å². The van der Waals surface area contributed by atoms with E-state index in [1.807, 2.05) is 4.90 Å². The first-order valence-corrected chi connectivity index (χ1v) is 11.5. The third-order valence-electron chi connectivity index (χ3n) is 5.30. The Hall–Kier alpha value is -1.64. The fourth-order valence-electron chi connectivity index (χ4n) is 3.69. The molecule has 0 spiro atoms. The summed E-state index contributed by atoms with van der Waals surface area (Å²) >= 11 is 5.84. The molecule has 0 bridgehead atoms. The number of halogens is 1. The van der Waals surface area contributed by atoms with Crippen molar-refractivity contribution in [2.24, 2.45) is 5.92 Å². The Morgan fingerprint density at radius 3 is 2.43 bits per heavy atom. The van der Waals surface area contributed by atoms with Gasteiger partial charge in [-0.15, -0.1) is 0 Å². The molecule has 2 heterocycles. The van der Waals surface area contributed by atoms with Gasteiger partial charge in [-0.1, -0.05) is 11.6 Å². The summed E-state index contributed by atoms with van der Waals surface area (Å²) in [5, 5.41) is 3.27. The van der Waals surface area contributed by atoms with Gasteiger partial charge < -0.3 is 10.2 Å². The molecule has 1 unspecified atom stereocenters. The van der Waals surface area contributed by atoms with E-state index in [1.54, 1.807) is 12.1 Å². The molecule has 1 atom stereocenters. The van der Waals surface area contributed by atoms with Gasteiger partial charge in [0.15, 0.2) is 0 Å². The Balaban J connectivity index is 1.52. The fraction of sp³-hybridized carbons (Fsp3) is 0.579. The van der Waals surface area contributed by atoms with Gasteiger partial charge in [-0.2, -0.15) is 4.31 Å². The third kappa shape index (κ3) is 5.04. The zero-order valence-corrected chi connectivity index (χ0v) is 17.3. The standard InChI is InChI=1S/C19H26ClN3O4S/c20-16-5-7-17(8-6-16)28(26,27)23-13-3-4-15(14-23)19(25)21-10-9-18(24)22-11-1-2-12-22/h5-8,15H,1-4,9-14H2,(H,21,25). The van der Waals surface area contributed by atoms with Crippen molar-refractivity contribution in [2.45, 2.75) is 37.0 Å². The maximum Gasteiger partial charge on any atom is 0.243 e. The predicted molar refractivity (Wildman–Crippen MR) is 106 cm³/mol. The molecular formula is C19H26ClN3O4S. The van der Waals surface area contributed by atoms with Crippen LogP contribution >= 0.6 is 11.6 Å². The highest BCUT2D eigenvalue weighted by molar-refractivity contribution is 7.89. The Kier molecular flexibility index (Phi) is 6.95. The molecule has 2 aliphatic rings. The van der Waals surface area contributed by atoms with Gasteiger partial charge in [-0.3, -0.25) is 9.59 Å². The second kappa shape index (κ2) is 9.24. The summed E-state index contributed by atoms with van der Waals surface area (Å²) in [6.45, 7) is 2.42. The van der Waals surface area contributed by atoms with Gasteiger partial charge in [-0.05, 0) is 49.9 Å². The highest BCUT2D eigenvalue weighted by Gasteiger charge is 2.33. The quantitative estimate of drug-likeness (QED) is 0.750. The van der Waals surface area contributed by atoms with Crippen LogP contribution in [0.25, 0.3) is 0 Å². The van der Waals surface area contributed by atoms with Crippen LogP contribution in [0.3, 0.4) is 0 Å². The number of rotatable bonds is 6. The van der Waals surface area contributed by atoms with Gasteiger partial charge in [0.2, 0.25) is 21.8 Å². The molecule has 2 amide bonds. The average molecular weight is 428 g/mol. The normalized spacial score (nSPS) is 20.9. The lowest BCUT2D eigenvalue weighted by molar-refractivity contribution is -0.130. The van der Waals surface area contributed by atoms with E-state index in [0.717, 1.165) is 25.9 Å². The van der Waals surface area contributed by atoms with Crippen molar-refractivity contribution in [3.05, 3.63) is 29.3 Å². The van der Waals surface area contributed by atoms with Crippen LogP contribution < -0.4 is 5.32 Å². The number of carbonyl (C=O) groups is 2. The second-order valence-electron chi connectivity index (χ2n) is 7.29. The van der Waals surface area contributed by atoms with Crippen molar-refractivity contribution in [3.63, 3.8) is 0 Å². The number of carbonyl (C=O) groups excluding carboxylic acids is 2. The molecule has 2 aliphatic heterocycles. The number of benzene rings is 1. The number of nitrogens with one attached hydrogen (secondary N) is 1. The zero-order valence-electron chi connectivity index (χ0n) is 15.8. The van der Waals surface area contributed by atoms with Crippen LogP contribution in [0, 0.1) is 5.92 Å². The number of piperidine rings is 1. The lowest BCUT2D eigenvalue weighted by atomic mass is 9.99. The maximum absolute atomic E-state index is 12.8. The highest BCUT2D eigenvalue weighted by atomic mass is 35.5. The van der Waals surface area contributed by atoms with Crippen LogP contribution in [0.4, 0.5) is 0 Å². The minimum atomic E-state index is -3.66. The Labute approximate surface area is 171 Å². The Bertz CT molecular complexity index is 807. The number of hydrogen-bond donors (Lipinski definition) is 1. The zero-order chi connectivity index (χ0) is 20.1. The molecule has 2 saturated heterocycles. The number of amides is 2. The van der Waals surface area contributed by atoms with E-state index in [0.29, 0.717) is 24.4 Å². The van der Waals surface area contributed by atoms with Gasteiger partial charge in [0.05, 0.1) is 10.8 Å². The topological polar surface area (TPSA) is 86.8 Å². The molecule has 1 aromatic rings. The van der Waals surface area contributed by atoms with Crippen molar-refractivity contribution in [1.29, 1.82) is 0 Å². The van der Waals surface area contributed by atoms with Crippen LogP contribution in [-0.4, -0.2) is 62.2 Å². The van der Waals surface area contributed by atoms with E-state index < -0.39 is 15.9 Å². The number of likely N-dealkylation sites (tertiary alicyclic amines) is 1. The first kappa shape index (κ1) is 21.1. The molecule has 0 aromatic heterocycles. The first-order valence-electron chi connectivity index (χ1n) is 9.69. The lowest BCUT2D eigenvalue weighted by Crippen LogP contribution is -2.45. The molecule has 7 nitrogen and oxygen atoms in total. The van der Waals surface area contributed by atoms with E-state index in [-0.39, 0.29) is 36.2 Å². The van der Waals surface area contributed by atoms with Gasteiger partial charge in [-0.25, -0.2) is 8.42 Å². The summed E-state index contributed by atoms with van der Waals surface area (Å²) in [4.78, 5) is 26.5. The largest absolute Gasteiger partial charge is 0.355 e. The molecule has 9 heteroatoms. The van der Waals surface area contributed by atoms with E-state index in [1.165, 1.54) is 16.4 Å². The number of sulfonamides is 1. The number of nitrogens with zero attached hydrogens (tertiary/aromatic N) is 2.